The average molecular weight is 399 g/mol. The monoisotopic (exact) mass is 399 g/mol. The molecule has 0 aliphatic heterocycles. The van der Waals surface area contributed by atoms with Gasteiger partial charge in [-0.25, -0.2) is 13.1 Å². The van der Waals surface area contributed by atoms with Gasteiger partial charge in [-0.2, -0.15) is 26.9 Å². The molecule has 0 atom stereocenters. The van der Waals surface area contributed by atoms with Crippen LogP contribution in [-0.4, -0.2) is 36.4 Å². The van der Waals surface area contributed by atoms with Gasteiger partial charge in [0.25, 0.3) is 11.8 Å². The Morgan fingerprint density at radius 2 is 1.81 bits per heavy atom. The molecule has 0 fully saturated rings. The fraction of sp³-hybridized carbons (Fsp3) is 0.308. The first-order valence-electron chi connectivity index (χ1n) is 6.80. The molecule has 0 saturated carbocycles. The molecule has 1 aromatic carbocycles. The first-order valence-corrected chi connectivity index (χ1v) is 8.46. The molecule has 13 heteroatoms. The fourth-order valence-corrected chi connectivity index (χ4v) is 2.72. The summed E-state index contributed by atoms with van der Waals surface area (Å²) < 4.78 is 89.7. The van der Waals surface area contributed by atoms with Gasteiger partial charge in [-0.3, -0.25) is 4.79 Å². The van der Waals surface area contributed by atoms with Crippen molar-refractivity contribution in [2.45, 2.75) is 19.0 Å². The van der Waals surface area contributed by atoms with E-state index in [0.717, 1.165) is 12.1 Å². The third-order valence-corrected chi connectivity index (χ3v) is 4.17. The predicted molar refractivity (Wildman–Crippen MR) is 76.6 cm³/mol. The highest BCUT2D eigenvalue weighted by Gasteiger charge is 2.30. The molecule has 2 rings (SSSR count). The molecule has 1 amide bonds. The van der Waals surface area contributed by atoms with Crippen molar-refractivity contribution < 1.29 is 39.7 Å². The maximum absolute atomic E-state index is 12.4. The molecule has 0 unspecified atom stereocenters. The number of nitrogens with zero attached hydrogens (tertiary/aromatic N) is 2. The van der Waals surface area contributed by atoms with Crippen LogP contribution in [0.3, 0.4) is 0 Å². The van der Waals surface area contributed by atoms with Crippen LogP contribution in [0, 0.1) is 0 Å². The second-order valence-electron chi connectivity index (χ2n) is 4.95. The number of carbonyl (C=O) groups excluding carboxylic acids is 1. The van der Waals surface area contributed by atoms with Crippen LogP contribution in [0.2, 0.25) is 0 Å². The van der Waals surface area contributed by atoms with Crippen LogP contribution in [0.5, 0.6) is 0 Å². The van der Waals surface area contributed by atoms with Crippen LogP contribution in [0.15, 0.2) is 28.8 Å². The first-order chi connectivity index (χ1) is 12.0. The van der Waals surface area contributed by atoms with Crippen molar-refractivity contribution in [3.8, 4) is 11.4 Å². The number of alkyl halides is 5. The van der Waals surface area contributed by atoms with Crippen molar-refractivity contribution in [1.29, 1.82) is 0 Å². The smallest absolute Gasteiger partial charge is 0.333 e. The summed E-state index contributed by atoms with van der Waals surface area (Å²) in [5.41, 5.74) is 0.0269. The minimum Gasteiger partial charge on any atom is -0.333 e. The van der Waals surface area contributed by atoms with Gasteiger partial charge in [-0.1, -0.05) is 17.3 Å². The van der Waals surface area contributed by atoms with E-state index in [-0.39, 0.29) is 17.0 Å². The molecule has 142 valence electrons. The van der Waals surface area contributed by atoms with Gasteiger partial charge in [0.15, 0.2) is 0 Å². The van der Waals surface area contributed by atoms with E-state index < -0.39 is 46.6 Å². The van der Waals surface area contributed by atoms with Crippen molar-refractivity contribution in [2.24, 2.45) is 0 Å². The molecule has 7 nitrogen and oxygen atoms in total. The average Bonchev–Trinajstić information content (AvgIpc) is 3.02. The SMILES string of the molecule is O=C(NS(=O)(=O)CCC(F)(F)F)c1ccc(-c2noc(C(F)F)n2)cc1. The number of nitrogens with one attached hydrogen (secondary N) is 1. The molecule has 0 saturated heterocycles. The summed E-state index contributed by atoms with van der Waals surface area (Å²) in [6, 6.07) is 4.72. The zero-order valence-corrected chi connectivity index (χ0v) is 13.4. The zero-order valence-electron chi connectivity index (χ0n) is 12.6. The lowest BCUT2D eigenvalue weighted by molar-refractivity contribution is -0.130. The Hall–Kier alpha value is -2.57. The third-order valence-electron chi connectivity index (χ3n) is 2.94. The van der Waals surface area contributed by atoms with Gasteiger partial charge in [0.05, 0.1) is 12.2 Å². The summed E-state index contributed by atoms with van der Waals surface area (Å²) in [6.07, 6.45) is -9.23. The third kappa shape index (κ3) is 5.47. The van der Waals surface area contributed by atoms with E-state index in [2.05, 4.69) is 14.7 Å². The Morgan fingerprint density at radius 3 is 2.31 bits per heavy atom. The van der Waals surface area contributed by atoms with E-state index in [4.69, 9.17) is 0 Å². The highest BCUT2D eigenvalue weighted by molar-refractivity contribution is 7.90. The Balaban J connectivity index is 2.06. The van der Waals surface area contributed by atoms with Crippen LogP contribution < -0.4 is 4.72 Å². The van der Waals surface area contributed by atoms with Crippen LogP contribution >= 0.6 is 0 Å². The topological polar surface area (TPSA) is 102 Å². The Bertz CT molecular complexity index is 878. The van der Waals surface area contributed by atoms with Crippen LogP contribution in [-0.2, 0) is 10.0 Å². The standard InChI is InChI=1S/C13H10F5N3O4S/c14-9(15)12-19-10(20-25-12)7-1-3-8(4-2-7)11(22)21-26(23,24)6-5-13(16,17)18/h1-4,9H,5-6H2,(H,21,22). The number of rotatable bonds is 6. The molecule has 1 aromatic heterocycles. The number of sulfonamides is 1. The Kier molecular flexibility index (Phi) is 5.59. The molecule has 0 bridgehead atoms. The van der Waals surface area contributed by atoms with Gasteiger partial charge in [-0.05, 0) is 12.1 Å². The van der Waals surface area contributed by atoms with Gasteiger partial charge in [-0.15, -0.1) is 0 Å². The van der Waals surface area contributed by atoms with Gasteiger partial charge in [0, 0.05) is 11.1 Å². The number of amides is 1. The van der Waals surface area contributed by atoms with Crippen LogP contribution in [0.25, 0.3) is 11.4 Å². The normalized spacial score (nSPS) is 12.4. The molecule has 0 aliphatic rings. The summed E-state index contributed by atoms with van der Waals surface area (Å²) in [5.74, 6) is -3.50. The maximum atomic E-state index is 12.4. The van der Waals surface area contributed by atoms with Crippen molar-refractivity contribution >= 4 is 15.9 Å². The molecule has 0 aliphatic carbocycles. The molecule has 1 N–H and O–H groups in total. The van der Waals surface area contributed by atoms with Gasteiger partial charge < -0.3 is 4.52 Å². The summed E-state index contributed by atoms with van der Waals surface area (Å²) >= 11 is 0. The molecule has 1 heterocycles. The van der Waals surface area contributed by atoms with Crippen molar-refractivity contribution in [3.05, 3.63) is 35.7 Å². The number of benzene rings is 1. The van der Waals surface area contributed by atoms with E-state index >= 15 is 0 Å². The van der Waals surface area contributed by atoms with Crippen LogP contribution in [0.4, 0.5) is 22.0 Å². The zero-order chi connectivity index (χ0) is 19.5. The maximum Gasteiger partial charge on any atom is 0.390 e. The van der Waals surface area contributed by atoms with Gasteiger partial charge in [0.2, 0.25) is 15.8 Å². The van der Waals surface area contributed by atoms with E-state index in [9.17, 15) is 35.2 Å². The first kappa shape index (κ1) is 19.8. The lowest BCUT2D eigenvalue weighted by Crippen LogP contribution is -2.33. The number of hydrogen-bond donors (Lipinski definition) is 1. The van der Waals surface area contributed by atoms with Gasteiger partial charge >= 0.3 is 12.6 Å². The Morgan fingerprint density at radius 1 is 1.19 bits per heavy atom. The predicted octanol–water partition coefficient (Wildman–Crippen LogP) is 2.69. The molecule has 26 heavy (non-hydrogen) atoms. The molecule has 0 radical (unpaired) electrons. The minimum atomic E-state index is -4.68. The second-order valence-corrected chi connectivity index (χ2v) is 6.79. The largest absolute Gasteiger partial charge is 0.390 e. The number of carbonyl (C=O) groups is 1. The van der Waals surface area contributed by atoms with E-state index in [1.54, 1.807) is 0 Å². The quantitative estimate of drug-likeness (QED) is 0.750. The lowest BCUT2D eigenvalue weighted by atomic mass is 10.1. The van der Waals surface area contributed by atoms with Gasteiger partial charge in [0.1, 0.15) is 0 Å². The van der Waals surface area contributed by atoms with E-state index in [1.807, 2.05) is 0 Å². The van der Waals surface area contributed by atoms with Crippen LogP contribution in [0.1, 0.15) is 29.1 Å². The highest BCUT2D eigenvalue weighted by Crippen LogP contribution is 2.22. The van der Waals surface area contributed by atoms with Crippen molar-refractivity contribution in [3.63, 3.8) is 0 Å². The second kappa shape index (κ2) is 7.35. The number of halogens is 5. The molecular formula is C13H10F5N3O4S. The minimum absolute atomic E-state index is 0.176. The molecule has 2 aromatic rings. The Labute approximate surface area is 143 Å². The summed E-state index contributed by atoms with van der Waals surface area (Å²) in [4.78, 5) is 15.2. The summed E-state index contributed by atoms with van der Waals surface area (Å²) in [7, 11) is -4.47. The summed E-state index contributed by atoms with van der Waals surface area (Å²) in [6.45, 7) is 0. The highest BCUT2D eigenvalue weighted by atomic mass is 32.2. The van der Waals surface area contributed by atoms with E-state index in [1.165, 1.54) is 16.9 Å². The molecular weight excluding hydrogens is 389 g/mol. The lowest BCUT2D eigenvalue weighted by Gasteiger charge is -2.09. The fourth-order valence-electron chi connectivity index (χ4n) is 1.71. The van der Waals surface area contributed by atoms with Crippen molar-refractivity contribution in [1.82, 2.24) is 14.9 Å². The summed E-state index contributed by atoms with van der Waals surface area (Å²) in [5, 5.41) is 3.32. The number of aromatic nitrogens is 2. The number of hydrogen-bond acceptors (Lipinski definition) is 6. The van der Waals surface area contributed by atoms with E-state index in [0.29, 0.717) is 0 Å². The molecule has 0 spiro atoms. The van der Waals surface area contributed by atoms with Crippen molar-refractivity contribution in [2.75, 3.05) is 5.75 Å².